The zero-order valence-electron chi connectivity index (χ0n) is 13.4. The number of rotatable bonds is 4. The van der Waals surface area contributed by atoms with Gasteiger partial charge in [-0.3, -0.25) is 9.48 Å². The molecule has 1 fully saturated rings. The van der Waals surface area contributed by atoms with E-state index < -0.39 is 6.04 Å². The summed E-state index contributed by atoms with van der Waals surface area (Å²) in [6.07, 6.45) is 4.12. The highest BCUT2D eigenvalue weighted by atomic mass is 35.5. The number of nitrogens with zero attached hydrogens (tertiary/aromatic N) is 5. The van der Waals surface area contributed by atoms with Crippen LogP contribution in [-0.2, 0) is 11.8 Å². The second-order valence-electron chi connectivity index (χ2n) is 5.78. The molecule has 0 spiro atoms. The molecule has 4 rings (SSSR count). The first-order chi connectivity index (χ1) is 12.1. The van der Waals surface area contributed by atoms with Crippen LogP contribution in [0.4, 0.5) is 11.7 Å². The molecule has 1 amide bonds. The Bertz CT molecular complexity index is 921. The molecule has 1 aromatic carbocycles. The Balaban J connectivity index is 1.47. The van der Waals surface area contributed by atoms with Crippen molar-refractivity contribution in [3.8, 4) is 11.4 Å². The van der Waals surface area contributed by atoms with Crippen LogP contribution in [0, 0.1) is 0 Å². The number of aromatic nitrogens is 4. The zero-order valence-corrected chi connectivity index (χ0v) is 14.1. The molecule has 1 unspecified atom stereocenters. The number of carbonyl (C=O) groups is 1. The summed E-state index contributed by atoms with van der Waals surface area (Å²) in [4.78, 5) is 18.5. The van der Waals surface area contributed by atoms with Crippen LogP contribution in [0.2, 0.25) is 5.02 Å². The van der Waals surface area contributed by atoms with Crippen LogP contribution in [0.1, 0.15) is 6.42 Å². The molecule has 3 heterocycles. The number of halogens is 1. The average molecular weight is 359 g/mol. The van der Waals surface area contributed by atoms with Crippen molar-refractivity contribution in [1.29, 1.82) is 0 Å². The van der Waals surface area contributed by atoms with Crippen molar-refractivity contribution >= 4 is 29.2 Å². The van der Waals surface area contributed by atoms with Gasteiger partial charge in [-0.1, -0.05) is 28.9 Å². The first kappa shape index (κ1) is 15.6. The molecular weight excluding hydrogens is 344 g/mol. The third kappa shape index (κ3) is 3.08. The van der Waals surface area contributed by atoms with E-state index in [-0.39, 0.29) is 11.9 Å². The van der Waals surface area contributed by atoms with Crippen LogP contribution < -0.4 is 10.2 Å². The molecule has 25 heavy (non-hydrogen) atoms. The quantitative estimate of drug-likeness (QED) is 0.770. The van der Waals surface area contributed by atoms with Crippen molar-refractivity contribution in [3.05, 3.63) is 41.7 Å². The van der Waals surface area contributed by atoms with Gasteiger partial charge in [0.2, 0.25) is 11.7 Å². The van der Waals surface area contributed by atoms with Gasteiger partial charge < -0.3 is 14.7 Å². The van der Waals surface area contributed by atoms with Crippen molar-refractivity contribution in [2.45, 2.75) is 12.5 Å². The van der Waals surface area contributed by atoms with Crippen LogP contribution in [0.3, 0.4) is 0 Å². The number of aryl methyl sites for hydroxylation is 1. The molecule has 0 bridgehead atoms. The third-order valence-corrected chi connectivity index (χ3v) is 4.25. The van der Waals surface area contributed by atoms with Crippen LogP contribution >= 0.6 is 11.6 Å². The molecule has 128 valence electrons. The van der Waals surface area contributed by atoms with E-state index in [1.165, 1.54) is 0 Å². The summed E-state index contributed by atoms with van der Waals surface area (Å²) >= 11 is 5.98. The Morgan fingerprint density at radius 3 is 3.04 bits per heavy atom. The highest BCUT2D eigenvalue weighted by Crippen LogP contribution is 2.25. The minimum atomic E-state index is -0.409. The lowest BCUT2D eigenvalue weighted by Crippen LogP contribution is -2.33. The van der Waals surface area contributed by atoms with Gasteiger partial charge in [0, 0.05) is 30.4 Å². The minimum Gasteiger partial charge on any atom is -0.326 e. The van der Waals surface area contributed by atoms with Gasteiger partial charge >= 0.3 is 6.01 Å². The SMILES string of the molecule is Cn1cc(N2CCC(Nc3nc(-c4cccc(Cl)c4)no3)C2=O)cn1. The van der Waals surface area contributed by atoms with E-state index in [4.69, 9.17) is 16.1 Å². The monoisotopic (exact) mass is 358 g/mol. The van der Waals surface area contributed by atoms with Gasteiger partial charge in [0.15, 0.2) is 0 Å². The molecule has 0 aliphatic carbocycles. The fourth-order valence-electron chi connectivity index (χ4n) is 2.79. The molecular formula is C16H15ClN6O2. The van der Waals surface area contributed by atoms with E-state index in [0.717, 1.165) is 11.3 Å². The number of hydrogen-bond donors (Lipinski definition) is 1. The van der Waals surface area contributed by atoms with Crippen molar-refractivity contribution in [2.24, 2.45) is 7.05 Å². The summed E-state index contributed by atoms with van der Waals surface area (Å²) in [7, 11) is 1.82. The maximum Gasteiger partial charge on any atom is 0.322 e. The number of amides is 1. The molecule has 8 nitrogen and oxygen atoms in total. The summed E-state index contributed by atoms with van der Waals surface area (Å²) < 4.78 is 6.88. The predicted molar refractivity (Wildman–Crippen MR) is 92.3 cm³/mol. The average Bonchev–Trinajstić information content (AvgIpc) is 3.30. The number of anilines is 2. The summed E-state index contributed by atoms with van der Waals surface area (Å²) in [5.41, 5.74) is 1.53. The number of hydrogen-bond acceptors (Lipinski definition) is 6. The summed E-state index contributed by atoms with van der Waals surface area (Å²) in [5.74, 6) is 0.370. The second kappa shape index (κ2) is 6.21. The summed E-state index contributed by atoms with van der Waals surface area (Å²) in [6.45, 7) is 0.609. The van der Waals surface area contributed by atoms with E-state index in [1.807, 2.05) is 25.4 Å². The first-order valence-corrected chi connectivity index (χ1v) is 8.14. The fraction of sp³-hybridized carbons (Fsp3) is 0.250. The molecule has 2 aromatic heterocycles. The van der Waals surface area contributed by atoms with Crippen molar-refractivity contribution in [3.63, 3.8) is 0 Å². The normalized spacial score (nSPS) is 17.3. The fourth-order valence-corrected chi connectivity index (χ4v) is 2.98. The minimum absolute atomic E-state index is 0.0458. The van der Waals surface area contributed by atoms with Crippen molar-refractivity contribution in [1.82, 2.24) is 19.9 Å². The van der Waals surface area contributed by atoms with E-state index in [1.54, 1.807) is 27.9 Å². The number of carbonyl (C=O) groups excluding carboxylic acids is 1. The highest BCUT2D eigenvalue weighted by Gasteiger charge is 2.34. The second-order valence-corrected chi connectivity index (χ2v) is 6.22. The topological polar surface area (TPSA) is 89.1 Å². The van der Waals surface area contributed by atoms with Crippen LogP contribution in [0.15, 0.2) is 41.2 Å². The molecule has 9 heteroatoms. The highest BCUT2D eigenvalue weighted by molar-refractivity contribution is 6.30. The molecule has 1 aliphatic heterocycles. The van der Waals surface area contributed by atoms with Gasteiger partial charge in [-0.25, -0.2) is 0 Å². The summed E-state index contributed by atoms with van der Waals surface area (Å²) in [5, 5.41) is 11.6. The Labute approximate surface area is 148 Å². The van der Waals surface area contributed by atoms with Gasteiger partial charge in [-0.15, -0.1) is 0 Å². The maximum atomic E-state index is 12.6. The van der Waals surface area contributed by atoms with E-state index in [2.05, 4.69) is 20.6 Å². The Morgan fingerprint density at radius 1 is 1.40 bits per heavy atom. The molecule has 1 aliphatic rings. The van der Waals surface area contributed by atoms with Crippen LogP contribution in [0.5, 0.6) is 0 Å². The molecule has 1 atom stereocenters. The lowest BCUT2D eigenvalue weighted by atomic mass is 10.2. The van der Waals surface area contributed by atoms with Gasteiger partial charge in [0.05, 0.1) is 11.9 Å². The van der Waals surface area contributed by atoms with Crippen LogP contribution in [-0.4, -0.2) is 38.4 Å². The smallest absolute Gasteiger partial charge is 0.322 e. The first-order valence-electron chi connectivity index (χ1n) is 7.76. The van der Waals surface area contributed by atoms with E-state index in [9.17, 15) is 4.79 Å². The third-order valence-electron chi connectivity index (χ3n) is 4.01. The predicted octanol–water partition coefficient (Wildman–Crippen LogP) is 2.34. The molecule has 3 aromatic rings. The van der Waals surface area contributed by atoms with Crippen LogP contribution in [0.25, 0.3) is 11.4 Å². The number of benzene rings is 1. The Morgan fingerprint density at radius 2 is 2.28 bits per heavy atom. The largest absolute Gasteiger partial charge is 0.326 e. The molecule has 1 N–H and O–H groups in total. The molecule has 0 radical (unpaired) electrons. The maximum absolute atomic E-state index is 12.6. The Hall–Kier alpha value is -2.87. The molecule has 1 saturated heterocycles. The Kier molecular flexibility index (Phi) is 3.89. The standard InChI is InChI=1S/C16H15ClN6O2/c1-22-9-12(8-18-22)23-6-5-13(15(23)24)19-16-20-14(21-25-16)10-3-2-4-11(17)7-10/h2-4,7-9,13H,5-6H2,1H3,(H,19,20,21). The van der Waals surface area contributed by atoms with E-state index >= 15 is 0 Å². The lowest BCUT2D eigenvalue weighted by molar-refractivity contribution is -0.117. The van der Waals surface area contributed by atoms with Gasteiger partial charge in [-0.2, -0.15) is 10.1 Å². The summed E-state index contributed by atoms with van der Waals surface area (Å²) in [6, 6.07) is 6.98. The van der Waals surface area contributed by atoms with Crippen molar-refractivity contribution < 1.29 is 9.32 Å². The van der Waals surface area contributed by atoms with Gasteiger partial charge in [-0.05, 0) is 18.6 Å². The van der Waals surface area contributed by atoms with Crippen molar-refractivity contribution in [2.75, 3.05) is 16.8 Å². The number of nitrogens with one attached hydrogen (secondary N) is 1. The molecule has 0 saturated carbocycles. The zero-order chi connectivity index (χ0) is 17.4. The van der Waals surface area contributed by atoms with E-state index in [0.29, 0.717) is 23.8 Å². The van der Waals surface area contributed by atoms with Gasteiger partial charge in [0.25, 0.3) is 0 Å². The lowest BCUT2D eigenvalue weighted by Gasteiger charge is -2.14. The van der Waals surface area contributed by atoms with Gasteiger partial charge in [0.1, 0.15) is 6.04 Å².